The highest BCUT2D eigenvalue weighted by Gasteiger charge is 2.37. The molecule has 2 aromatic rings. The van der Waals surface area contributed by atoms with E-state index in [4.69, 9.17) is 9.47 Å². The van der Waals surface area contributed by atoms with Crippen molar-refractivity contribution in [2.24, 2.45) is 0 Å². The summed E-state index contributed by atoms with van der Waals surface area (Å²) in [4.78, 5) is 25.5. The molecular weight excluding hydrogens is 296 g/mol. The molecule has 0 aliphatic carbocycles. The number of benzene rings is 1. The molecule has 0 atom stereocenters. The van der Waals surface area contributed by atoms with Gasteiger partial charge in [0.05, 0.1) is 13.2 Å². The Morgan fingerprint density at radius 2 is 1.87 bits per heavy atom. The third-order valence-electron chi connectivity index (χ3n) is 4.06. The summed E-state index contributed by atoms with van der Waals surface area (Å²) < 4.78 is 13.3. The second-order valence-corrected chi connectivity index (χ2v) is 5.68. The van der Waals surface area contributed by atoms with E-state index in [2.05, 4.69) is 4.98 Å². The second kappa shape index (κ2) is 6.52. The molecule has 23 heavy (non-hydrogen) atoms. The lowest BCUT2D eigenvalue weighted by Gasteiger charge is -2.28. The molecule has 6 nitrogen and oxygen atoms in total. The molecule has 0 saturated carbocycles. The van der Waals surface area contributed by atoms with Gasteiger partial charge in [-0.2, -0.15) is 0 Å². The van der Waals surface area contributed by atoms with E-state index in [1.54, 1.807) is 13.1 Å². The quantitative estimate of drug-likeness (QED) is 0.908. The maximum absolute atomic E-state index is 11.8. The predicted molar refractivity (Wildman–Crippen MR) is 85.3 cm³/mol. The summed E-state index contributed by atoms with van der Waals surface area (Å²) in [7, 11) is 0. The number of aryl methyl sites for hydroxylation is 2. The van der Waals surface area contributed by atoms with Gasteiger partial charge in [0.2, 0.25) is 0 Å². The molecule has 3 rings (SSSR count). The van der Waals surface area contributed by atoms with Crippen LogP contribution in [0, 0.1) is 6.92 Å². The second-order valence-electron chi connectivity index (χ2n) is 5.68. The van der Waals surface area contributed by atoms with Crippen LogP contribution < -0.4 is 11.2 Å². The van der Waals surface area contributed by atoms with Crippen LogP contribution in [0.2, 0.25) is 0 Å². The minimum absolute atomic E-state index is 0.338. The zero-order chi connectivity index (χ0) is 16.3. The molecule has 122 valence electrons. The zero-order valence-electron chi connectivity index (χ0n) is 13.1. The first-order valence-electron chi connectivity index (χ1n) is 7.74. The van der Waals surface area contributed by atoms with Crippen molar-refractivity contribution in [2.75, 3.05) is 13.2 Å². The van der Waals surface area contributed by atoms with E-state index in [1.807, 2.05) is 30.3 Å². The maximum Gasteiger partial charge on any atom is 0.328 e. The molecule has 1 aliphatic rings. The van der Waals surface area contributed by atoms with Gasteiger partial charge in [-0.1, -0.05) is 30.3 Å². The Kier molecular flexibility index (Phi) is 4.45. The summed E-state index contributed by atoms with van der Waals surface area (Å²) in [5, 5.41) is 0. The smallest absolute Gasteiger partial charge is 0.328 e. The van der Waals surface area contributed by atoms with Gasteiger partial charge in [0, 0.05) is 30.3 Å². The average Bonchev–Trinajstić information content (AvgIpc) is 3.03. The van der Waals surface area contributed by atoms with Gasteiger partial charge in [-0.3, -0.25) is 9.78 Å². The van der Waals surface area contributed by atoms with Crippen molar-refractivity contribution in [1.82, 2.24) is 9.55 Å². The molecule has 0 unspecified atom stereocenters. The molecule has 0 bridgehead atoms. The van der Waals surface area contributed by atoms with Crippen molar-refractivity contribution in [3.05, 3.63) is 68.5 Å². The molecule has 1 aliphatic heterocycles. The van der Waals surface area contributed by atoms with Gasteiger partial charge in [-0.05, 0) is 13.3 Å². The summed E-state index contributed by atoms with van der Waals surface area (Å²) in [6.45, 7) is 3.31. The number of H-pyrrole nitrogens is 1. The summed E-state index contributed by atoms with van der Waals surface area (Å²) >= 11 is 0. The Morgan fingerprint density at radius 3 is 2.57 bits per heavy atom. The summed E-state index contributed by atoms with van der Waals surface area (Å²) in [5.74, 6) is -0.734. The fourth-order valence-corrected chi connectivity index (χ4v) is 2.87. The average molecular weight is 316 g/mol. The standard InChI is InChI=1S/C17H20N2O4/c1-13-12-19(16(21)18-15(13)20)9-5-8-17(22-10-11-23-17)14-6-3-2-4-7-14/h2-4,6-7,12H,5,8-11H2,1H3,(H,18,20,21). The van der Waals surface area contributed by atoms with Crippen molar-refractivity contribution in [3.63, 3.8) is 0 Å². The first-order chi connectivity index (χ1) is 11.1. The molecule has 0 radical (unpaired) electrons. The zero-order valence-corrected chi connectivity index (χ0v) is 13.1. The maximum atomic E-state index is 11.8. The highest BCUT2D eigenvalue weighted by Crippen LogP contribution is 2.35. The third-order valence-corrected chi connectivity index (χ3v) is 4.06. The van der Waals surface area contributed by atoms with Crippen LogP contribution in [0.5, 0.6) is 0 Å². The van der Waals surface area contributed by atoms with Crippen LogP contribution >= 0.6 is 0 Å². The molecule has 2 heterocycles. The number of hydrogen-bond acceptors (Lipinski definition) is 4. The Hall–Kier alpha value is -2.18. The van der Waals surface area contributed by atoms with Crippen LogP contribution in [0.15, 0.2) is 46.1 Å². The number of aromatic amines is 1. The monoisotopic (exact) mass is 316 g/mol. The summed E-state index contributed by atoms with van der Waals surface area (Å²) in [6, 6.07) is 9.84. The molecule has 1 N–H and O–H groups in total. The van der Waals surface area contributed by atoms with Gasteiger partial charge >= 0.3 is 5.69 Å². The fourth-order valence-electron chi connectivity index (χ4n) is 2.87. The van der Waals surface area contributed by atoms with Gasteiger partial charge < -0.3 is 14.0 Å². The number of nitrogens with one attached hydrogen (secondary N) is 1. The Labute approximate surface area is 133 Å². The number of rotatable bonds is 5. The SMILES string of the molecule is Cc1cn(CCCC2(c3ccccc3)OCCO2)c(=O)[nH]c1=O. The van der Waals surface area contributed by atoms with Crippen LogP contribution in [-0.2, 0) is 21.8 Å². The van der Waals surface area contributed by atoms with Crippen LogP contribution in [0.25, 0.3) is 0 Å². The number of nitrogens with zero attached hydrogens (tertiary/aromatic N) is 1. The lowest BCUT2D eigenvalue weighted by Crippen LogP contribution is -2.32. The van der Waals surface area contributed by atoms with Crippen molar-refractivity contribution in [3.8, 4) is 0 Å². The molecule has 1 fully saturated rings. The van der Waals surface area contributed by atoms with Gasteiger partial charge in [0.15, 0.2) is 5.79 Å². The normalized spacial score (nSPS) is 16.6. The van der Waals surface area contributed by atoms with Crippen molar-refractivity contribution in [1.29, 1.82) is 0 Å². The van der Waals surface area contributed by atoms with E-state index in [-0.39, 0.29) is 11.2 Å². The molecule has 1 aromatic heterocycles. The Bertz CT molecular complexity index is 773. The topological polar surface area (TPSA) is 73.3 Å². The third kappa shape index (κ3) is 3.28. The van der Waals surface area contributed by atoms with E-state index in [0.717, 1.165) is 5.56 Å². The minimum Gasteiger partial charge on any atom is -0.343 e. The molecule has 0 spiro atoms. The largest absolute Gasteiger partial charge is 0.343 e. The van der Waals surface area contributed by atoms with E-state index in [9.17, 15) is 9.59 Å². The summed E-state index contributed by atoms with van der Waals surface area (Å²) in [5.41, 5.74) is 0.787. The number of ether oxygens (including phenoxy) is 2. The van der Waals surface area contributed by atoms with Crippen molar-refractivity contribution >= 4 is 0 Å². The minimum atomic E-state index is -0.734. The van der Waals surface area contributed by atoms with E-state index < -0.39 is 5.79 Å². The Morgan fingerprint density at radius 1 is 1.17 bits per heavy atom. The lowest BCUT2D eigenvalue weighted by atomic mass is 10.0. The first-order valence-corrected chi connectivity index (χ1v) is 7.74. The molecule has 1 saturated heterocycles. The van der Waals surface area contributed by atoms with Gasteiger partial charge in [-0.15, -0.1) is 0 Å². The fraction of sp³-hybridized carbons (Fsp3) is 0.412. The van der Waals surface area contributed by atoms with Crippen LogP contribution in [-0.4, -0.2) is 22.8 Å². The van der Waals surface area contributed by atoms with E-state index in [1.165, 1.54) is 4.57 Å². The van der Waals surface area contributed by atoms with Crippen molar-refractivity contribution < 1.29 is 9.47 Å². The highest BCUT2D eigenvalue weighted by atomic mass is 16.7. The molecule has 1 aromatic carbocycles. The molecule has 6 heteroatoms. The molecule has 0 amide bonds. The van der Waals surface area contributed by atoms with E-state index >= 15 is 0 Å². The lowest BCUT2D eigenvalue weighted by molar-refractivity contribution is -0.172. The van der Waals surface area contributed by atoms with Crippen LogP contribution in [0.1, 0.15) is 24.0 Å². The van der Waals surface area contributed by atoms with Crippen molar-refractivity contribution in [2.45, 2.75) is 32.1 Å². The summed E-state index contributed by atoms with van der Waals surface area (Å²) in [6.07, 6.45) is 2.93. The number of aromatic nitrogens is 2. The highest BCUT2D eigenvalue weighted by molar-refractivity contribution is 5.21. The predicted octanol–water partition coefficient (Wildman–Crippen LogP) is 1.53. The Balaban J connectivity index is 1.73. The van der Waals surface area contributed by atoms with Gasteiger partial charge in [-0.25, -0.2) is 4.79 Å². The van der Waals surface area contributed by atoms with Gasteiger partial charge in [0.1, 0.15) is 0 Å². The van der Waals surface area contributed by atoms with E-state index in [0.29, 0.717) is 38.2 Å². The molecular formula is C17H20N2O4. The first kappa shape index (κ1) is 15.7. The number of hydrogen-bond donors (Lipinski definition) is 1. The van der Waals surface area contributed by atoms with Crippen LogP contribution in [0.3, 0.4) is 0 Å². The van der Waals surface area contributed by atoms with Gasteiger partial charge in [0.25, 0.3) is 5.56 Å². The van der Waals surface area contributed by atoms with Crippen LogP contribution in [0.4, 0.5) is 0 Å².